The number of ether oxygens (including phenoxy) is 1. The van der Waals surface area contributed by atoms with Gasteiger partial charge >= 0.3 is 0 Å². The molecule has 1 aromatic carbocycles. The van der Waals surface area contributed by atoms with Crippen LogP contribution in [0.2, 0.25) is 0 Å². The van der Waals surface area contributed by atoms with E-state index in [4.69, 9.17) is 4.74 Å². The predicted molar refractivity (Wildman–Crippen MR) is 67.4 cm³/mol. The monoisotopic (exact) mass is 248 g/mol. The van der Waals surface area contributed by atoms with Crippen molar-refractivity contribution in [3.63, 3.8) is 0 Å². The normalized spacial score (nSPS) is 13.4. The smallest absolute Gasteiger partial charge is 0.229 e. The number of nitrogens with zero attached hydrogens (tertiary/aromatic N) is 2. The molecule has 1 atom stereocenters. The van der Waals surface area contributed by atoms with E-state index in [9.17, 15) is 10.0 Å². The van der Waals surface area contributed by atoms with Gasteiger partial charge in [0.25, 0.3) is 0 Å². The molecule has 0 aliphatic heterocycles. The summed E-state index contributed by atoms with van der Waals surface area (Å²) in [7, 11) is 0. The van der Waals surface area contributed by atoms with Crippen LogP contribution in [0.25, 0.3) is 0 Å². The molecule has 0 aliphatic carbocycles. The van der Waals surface area contributed by atoms with Crippen molar-refractivity contribution in [1.29, 1.82) is 0 Å². The lowest BCUT2D eigenvalue weighted by Gasteiger charge is -2.16. The molecule has 0 saturated heterocycles. The van der Waals surface area contributed by atoms with Crippen molar-refractivity contribution in [2.24, 2.45) is 16.3 Å². The summed E-state index contributed by atoms with van der Waals surface area (Å²) >= 11 is 0. The van der Waals surface area contributed by atoms with Crippen molar-refractivity contribution in [3.05, 3.63) is 47.2 Å². The van der Waals surface area contributed by atoms with Gasteiger partial charge in [-0.15, -0.1) is 10.0 Å². The van der Waals surface area contributed by atoms with Crippen LogP contribution in [0.4, 0.5) is 0 Å². The summed E-state index contributed by atoms with van der Waals surface area (Å²) in [5, 5.41) is 16.7. The minimum absolute atomic E-state index is 0.150. The molecule has 0 aromatic heterocycles. The van der Waals surface area contributed by atoms with Crippen molar-refractivity contribution in [3.8, 4) is 0 Å². The number of benzene rings is 1. The van der Waals surface area contributed by atoms with Crippen LogP contribution < -0.4 is 5.11 Å². The SMILES string of the molecule is CC(C)[CH+]C(OCc1ccccc1)/C([O-])=N\N=O. The highest BCUT2D eigenvalue weighted by atomic mass is 16.5. The summed E-state index contributed by atoms with van der Waals surface area (Å²) in [5.74, 6) is -0.522. The Morgan fingerprint density at radius 3 is 2.61 bits per heavy atom. The van der Waals surface area contributed by atoms with Gasteiger partial charge < -0.3 is 9.84 Å². The first-order valence-electron chi connectivity index (χ1n) is 5.71. The minimum atomic E-state index is -0.831. The quantitative estimate of drug-likeness (QED) is 0.243. The number of hydrogen-bond donors (Lipinski definition) is 0. The van der Waals surface area contributed by atoms with Crippen molar-refractivity contribution in [2.75, 3.05) is 0 Å². The standard InChI is InChI=1S/C13H16N2O3/c1-10(2)8-12(13(16)14-15-17)18-9-11-6-4-3-5-7-11/h3-8,10,12H,9H2,1-2H3. The second kappa shape index (κ2) is 7.45. The first kappa shape index (κ1) is 14.2. The molecule has 0 spiro atoms. The molecule has 0 bridgehead atoms. The van der Waals surface area contributed by atoms with E-state index in [0.717, 1.165) is 5.56 Å². The van der Waals surface area contributed by atoms with E-state index in [1.54, 1.807) is 6.42 Å². The third-order valence-corrected chi connectivity index (χ3v) is 2.21. The summed E-state index contributed by atoms with van der Waals surface area (Å²) in [6.07, 6.45) is 0.864. The Bertz CT molecular complexity index is 390. The number of hydrogen-bond acceptors (Lipinski definition) is 4. The molecule has 18 heavy (non-hydrogen) atoms. The summed E-state index contributed by atoms with van der Waals surface area (Å²) in [5.41, 5.74) is 0.950. The van der Waals surface area contributed by atoms with Gasteiger partial charge in [-0.1, -0.05) is 30.3 Å². The lowest BCUT2D eigenvalue weighted by atomic mass is 10.1. The van der Waals surface area contributed by atoms with Gasteiger partial charge in [0.15, 0.2) is 0 Å². The first-order valence-corrected chi connectivity index (χ1v) is 5.71. The molecule has 5 nitrogen and oxygen atoms in total. The van der Waals surface area contributed by atoms with Crippen LogP contribution in [0.15, 0.2) is 40.7 Å². The Morgan fingerprint density at radius 1 is 1.39 bits per heavy atom. The molecule has 1 unspecified atom stereocenters. The van der Waals surface area contributed by atoms with Crippen molar-refractivity contribution in [1.82, 2.24) is 0 Å². The zero-order valence-electron chi connectivity index (χ0n) is 10.4. The highest BCUT2D eigenvalue weighted by Crippen LogP contribution is 2.10. The van der Waals surface area contributed by atoms with Crippen LogP contribution in [0.3, 0.4) is 0 Å². The molecular formula is C13H16N2O3. The van der Waals surface area contributed by atoms with Gasteiger partial charge in [-0.2, -0.15) is 0 Å². The molecule has 0 aliphatic rings. The maximum atomic E-state index is 11.5. The van der Waals surface area contributed by atoms with Gasteiger partial charge in [0.2, 0.25) is 6.10 Å². The molecule has 0 N–H and O–H groups in total. The van der Waals surface area contributed by atoms with E-state index in [-0.39, 0.29) is 12.5 Å². The fraction of sp³-hybridized carbons (Fsp3) is 0.385. The van der Waals surface area contributed by atoms with E-state index < -0.39 is 12.0 Å². The maximum absolute atomic E-state index is 11.5. The van der Waals surface area contributed by atoms with Crippen molar-refractivity contribution < 1.29 is 9.84 Å². The average Bonchev–Trinajstić information content (AvgIpc) is 2.35. The molecule has 0 fully saturated rings. The van der Waals surface area contributed by atoms with Gasteiger partial charge in [-0.25, -0.2) is 0 Å². The fourth-order valence-electron chi connectivity index (χ4n) is 1.42. The first-order chi connectivity index (χ1) is 8.63. The van der Waals surface area contributed by atoms with Gasteiger partial charge in [0, 0.05) is 0 Å². The van der Waals surface area contributed by atoms with Gasteiger partial charge in [0.1, 0.15) is 6.42 Å². The second-order valence-electron chi connectivity index (χ2n) is 4.17. The third kappa shape index (κ3) is 4.97. The molecule has 1 aromatic rings. The Kier molecular flexibility index (Phi) is 5.87. The van der Waals surface area contributed by atoms with Crippen molar-refractivity contribution in [2.45, 2.75) is 26.6 Å². The van der Waals surface area contributed by atoms with Crippen LogP contribution in [-0.4, -0.2) is 12.0 Å². The van der Waals surface area contributed by atoms with Gasteiger partial charge in [-0.3, -0.25) is 0 Å². The van der Waals surface area contributed by atoms with Gasteiger partial charge in [0.05, 0.1) is 23.7 Å². The van der Waals surface area contributed by atoms with Crippen LogP contribution in [0.1, 0.15) is 19.4 Å². The van der Waals surface area contributed by atoms with Crippen LogP contribution in [-0.2, 0) is 11.3 Å². The summed E-state index contributed by atoms with van der Waals surface area (Å²) in [6, 6.07) is 9.47. The minimum Gasteiger partial charge on any atom is -0.855 e. The molecule has 0 amide bonds. The number of rotatable bonds is 7. The Hall–Kier alpha value is -1.88. The summed E-state index contributed by atoms with van der Waals surface area (Å²) in [4.78, 5) is 9.97. The Morgan fingerprint density at radius 2 is 2.06 bits per heavy atom. The summed E-state index contributed by atoms with van der Waals surface area (Å²) in [6.45, 7) is 4.12. The van der Waals surface area contributed by atoms with Crippen molar-refractivity contribution >= 4 is 5.90 Å². The lowest BCUT2D eigenvalue weighted by molar-refractivity contribution is -0.229. The van der Waals surface area contributed by atoms with E-state index in [1.165, 1.54) is 0 Å². The Balaban J connectivity index is 2.61. The Labute approximate surface area is 106 Å². The zero-order valence-corrected chi connectivity index (χ0v) is 10.4. The summed E-state index contributed by atoms with van der Waals surface area (Å²) < 4.78 is 5.46. The van der Waals surface area contributed by atoms with E-state index in [1.807, 2.05) is 44.2 Å². The van der Waals surface area contributed by atoms with Crippen LogP contribution in [0.5, 0.6) is 0 Å². The largest absolute Gasteiger partial charge is 0.855 e. The highest BCUT2D eigenvalue weighted by molar-refractivity contribution is 5.77. The topological polar surface area (TPSA) is 74.1 Å². The molecule has 0 saturated carbocycles. The maximum Gasteiger partial charge on any atom is 0.229 e. The molecule has 0 heterocycles. The van der Waals surface area contributed by atoms with Crippen LogP contribution in [0, 0.1) is 17.2 Å². The van der Waals surface area contributed by atoms with E-state index >= 15 is 0 Å². The second-order valence-corrected chi connectivity index (χ2v) is 4.17. The highest BCUT2D eigenvalue weighted by Gasteiger charge is 2.21. The fourth-order valence-corrected chi connectivity index (χ4v) is 1.42. The zero-order chi connectivity index (χ0) is 13.4. The third-order valence-electron chi connectivity index (χ3n) is 2.21. The average molecular weight is 248 g/mol. The molecule has 0 radical (unpaired) electrons. The molecule has 1 rings (SSSR count). The number of nitroso groups, excluding NO2 is 1. The molecule has 96 valence electrons. The van der Waals surface area contributed by atoms with Gasteiger partial charge in [-0.05, 0) is 19.4 Å². The molecular weight excluding hydrogens is 232 g/mol. The lowest BCUT2D eigenvalue weighted by Crippen LogP contribution is -2.36. The predicted octanol–water partition coefficient (Wildman–Crippen LogP) is 1.87. The van der Waals surface area contributed by atoms with E-state index in [0.29, 0.717) is 0 Å². The molecule has 5 heteroatoms. The van der Waals surface area contributed by atoms with E-state index in [2.05, 4.69) is 10.4 Å². The van der Waals surface area contributed by atoms with Crippen LogP contribution >= 0.6 is 0 Å².